The smallest absolute Gasteiger partial charge is 0.338 e. The molecule has 2 aromatic carbocycles. The van der Waals surface area contributed by atoms with Crippen LogP contribution in [-0.2, 0) is 19.6 Å². The number of sulfonamides is 1. The number of hydrogen-bond donors (Lipinski definition) is 1. The minimum atomic E-state index is -3.62. The van der Waals surface area contributed by atoms with Crippen LogP contribution in [0.25, 0.3) is 0 Å². The number of ether oxygens (including phenoxy) is 1. The van der Waals surface area contributed by atoms with Gasteiger partial charge in [0.2, 0.25) is 10.0 Å². The molecule has 0 unspecified atom stereocenters. The Hall–Kier alpha value is -2.92. The van der Waals surface area contributed by atoms with Crippen molar-refractivity contribution in [3.05, 3.63) is 76.0 Å². The lowest BCUT2D eigenvalue weighted by molar-refractivity contribution is -0.139. The molecule has 0 aliphatic carbocycles. The summed E-state index contributed by atoms with van der Waals surface area (Å²) in [4.78, 5) is 29.9. The minimum Gasteiger partial charge on any atom is -0.463 e. The Morgan fingerprint density at radius 3 is 2.39 bits per heavy atom. The summed E-state index contributed by atoms with van der Waals surface area (Å²) in [6.45, 7) is 5.88. The molecule has 0 aromatic heterocycles. The summed E-state index contributed by atoms with van der Waals surface area (Å²) < 4.78 is 33.4. The number of carbonyl (C=O) groups excluding carboxylic acids is 2. The lowest BCUT2D eigenvalue weighted by atomic mass is 9.94. The lowest BCUT2D eigenvalue weighted by Gasteiger charge is -2.36. The first kappa shape index (κ1) is 28.1. The van der Waals surface area contributed by atoms with Gasteiger partial charge in [0.25, 0.3) is 0 Å². The molecule has 2 amide bonds. The predicted octanol–water partition coefficient (Wildman–Crippen LogP) is 3.56. The molecule has 1 saturated heterocycles. The van der Waals surface area contributed by atoms with Gasteiger partial charge in [0.05, 0.1) is 23.1 Å². The highest BCUT2D eigenvalue weighted by Crippen LogP contribution is 2.32. The second-order valence-electron chi connectivity index (χ2n) is 9.42. The average Bonchev–Trinajstić information content (AvgIpc) is 3.13. The number of nitrogens with one attached hydrogen (secondary N) is 1. The Morgan fingerprint density at radius 2 is 1.74 bits per heavy atom. The van der Waals surface area contributed by atoms with E-state index in [9.17, 15) is 18.0 Å². The van der Waals surface area contributed by atoms with Gasteiger partial charge in [-0.05, 0) is 56.6 Å². The SMILES string of the molecule is CCOC(=O)C1=C(CN2CCCN(S(=O)(=O)c3ccc(C)cc3)CC2)N(C)C(=O)N[C@@H]1c1ccc(Cl)cc1. The standard InChI is InChI=1S/C27H33ClN4O5S/c1-4-37-26(33)24-23(30(3)27(34)29-25(24)20-8-10-21(28)11-9-20)18-31-14-5-15-32(17-16-31)38(35,36)22-12-6-19(2)7-13-22/h6-13,25H,4-5,14-18H2,1-3H3,(H,29,34)/t25-/m1/s1. The molecule has 9 nitrogen and oxygen atoms in total. The number of benzene rings is 2. The van der Waals surface area contributed by atoms with Gasteiger partial charge >= 0.3 is 12.0 Å². The number of hydrogen-bond acceptors (Lipinski definition) is 6. The van der Waals surface area contributed by atoms with Crippen LogP contribution in [0.4, 0.5) is 4.79 Å². The van der Waals surface area contributed by atoms with Gasteiger partial charge in [-0.15, -0.1) is 0 Å². The highest BCUT2D eigenvalue weighted by Gasteiger charge is 2.38. The van der Waals surface area contributed by atoms with Crippen LogP contribution >= 0.6 is 11.6 Å². The van der Waals surface area contributed by atoms with Gasteiger partial charge in [0.1, 0.15) is 0 Å². The molecule has 4 rings (SSSR count). The van der Waals surface area contributed by atoms with E-state index in [4.69, 9.17) is 16.3 Å². The van der Waals surface area contributed by atoms with Crippen molar-refractivity contribution in [2.75, 3.05) is 46.4 Å². The van der Waals surface area contributed by atoms with Gasteiger partial charge in [0.15, 0.2) is 0 Å². The largest absolute Gasteiger partial charge is 0.463 e. The zero-order valence-corrected chi connectivity index (χ0v) is 23.4. The van der Waals surface area contributed by atoms with Gasteiger partial charge in [0, 0.05) is 43.9 Å². The van der Waals surface area contributed by atoms with Crippen molar-refractivity contribution in [3.8, 4) is 0 Å². The van der Waals surface area contributed by atoms with Crippen LogP contribution in [0.1, 0.15) is 30.5 Å². The number of urea groups is 1. The molecule has 2 aliphatic heterocycles. The number of amides is 2. The van der Waals surface area contributed by atoms with Crippen LogP contribution in [0.2, 0.25) is 5.02 Å². The van der Waals surface area contributed by atoms with Crippen molar-refractivity contribution in [1.82, 2.24) is 19.4 Å². The van der Waals surface area contributed by atoms with E-state index < -0.39 is 22.0 Å². The first-order valence-electron chi connectivity index (χ1n) is 12.6. The van der Waals surface area contributed by atoms with Crippen LogP contribution in [0.5, 0.6) is 0 Å². The molecular formula is C27H33ClN4O5S. The number of rotatable bonds is 7. The van der Waals surface area contributed by atoms with E-state index >= 15 is 0 Å². The normalized spacial score (nSPS) is 19.7. The zero-order chi connectivity index (χ0) is 27.4. The van der Waals surface area contributed by atoms with Gasteiger partial charge in [-0.3, -0.25) is 9.80 Å². The maximum Gasteiger partial charge on any atom is 0.338 e. The molecule has 2 aliphatic rings. The van der Waals surface area contributed by atoms with E-state index in [1.165, 1.54) is 9.21 Å². The van der Waals surface area contributed by atoms with Gasteiger partial charge in [-0.2, -0.15) is 4.31 Å². The molecule has 1 fully saturated rings. The molecule has 0 spiro atoms. The summed E-state index contributed by atoms with van der Waals surface area (Å²) in [6.07, 6.45) is 0.615. The number of halogens is 1. The van der Waals surface area contributed by atoms with E-state index in [2.05, 4.69) is 10.2 Å². The van der Waals surface area contributed by atoms with Gasteiger partial charge < -0.3 is 10.1 Å². The van der Waals surface area contributed by atoms with E-state index in [1.807, 2.05) is 6.92 Å². The third-order valence-electron chi connectivity index (χ3n) is 6.86. The van der Waals surface area contributed by atoms with Crippen LogP contribution in [0, 0.1) is 6.92 Å². The van der Waals surface area contributed by atoms with Crippen LogP contribution < -0.4 is 5.32 Å². The fraction of sp³-hybridized carbons (Fsp3) is 0.407. The molecule has 38 heavy (non-hydrogen) atoms. The maximum absolute atomic E-state index is 13.2. The van der Waals surface area contributed by atoms with Crippen LogP contribution in [0.15, 0.2) is 64.7 Å². The Morgan fingerprint density at radius 1 is 1.05 bits per heavy atom. The van der Waals surface area contributed by atoms with Crippen molar-refractivity contribution in [3.63, 3.8) is 0 Å². The topological polar surface area (TPSA) is 99.3 Å². The third-order valence-corrected chi connectivity index (χ3v) is 9.02. The first-order valence-corrected chi connectivity index (χ1v) is 14.4. The number of aryl methyl sites for hydroxylation is 1. The van der Waals surface area contributed by atoms with Crippen molar-refractivity contribution in [2.24, 2.45) is 0 Å². The molecule has 11 heteroatoms. The number of esters is 1. The lowest BCUT2D eigenvalue weighted by Crippen LogP contribution is -2.49. The highest BCUT2D eigenvalue weighted by atomic mass is 35.5. The van der Waals surface area contributed by atoms with Crippen molar-refractivity contribution in [2.45, 2.75) is 31.2 Å². The summed E-state index contributed by atoms with van der Waals surface area (Å²) in [5.41, 5.74) is 2.59. The summed E-state index contributed by atoms with van der Waals surface area (Å²) in [5, 5.41) is 3.44. The average molecular weight is 561 g/mol. The second kappa shape index (κ2) is 11.9. The predicted molar refractivity (Wildman–Crippen MR) is 145 cm³/mol. The summed E-state index contributed by atoms with van der Waals surface area (Å²) in [6, 6.07) is 12.8. The maximum atomic E-state index is 13.2. The quantitative estimate of drug-likeness (QED) is 0.520. The van der Waals surface area contributed by atoms with E-state index in [0.717, 1.165) is 5.56 Å². The second-order valence-corrected chi connectivity index (χ2v) is 11.8. The van der Waals surface area contributed by atoms with E-state index in [-0.39, 0.29) is 17.5 Å². The van der Waals surface area contributed by atoms with Crippen LogP contribution in [0.3, 0.4) is 0 Å². The number of carbonyl (C=O) groups is 2. The Labute approximate surface area is 229 Å². The number of nitrogens with zero attached hydrogens (tertiary/aromatic N) is 3. The molecule has 2 heterocycles. The van der Waals surface area contributed by atoms with Gasteiger partial charge in [-0.1, -0.05) is 41.4 Å². The van der Waals surface area contributed by atoms with Gasteiger partial charge in [-0.25, -0.2) is 18.0 Å². The fourth-order valence-corrected chi connectivity index (χ4v) is 6.32. The molecule has 1 N–H and O–H groups in total. The molecule has 1 atom stereocenters. The van der Waals surface area contributed by atoms with Crippen molar-refractivity contribution >= 4 is 33.6 Å². The van der Waals surface area contributed by atoms with Crippen molar-refractivity contribution < 1.29 is 22.7 Å². The van der Waals surface area contributed by atoms with E-state index in [0.29, 0.717) is 61.0 Å². The van der Waals surface area contributed by atoms with Crippen molar-refractivity contribution in [1.29, 1.82) is 0 Å². The first-order chi connectivity index (χ1) is 18.1. The Bertz CT molecular complexity index is 1310. The summed E-state index contributed by atoms with van der Waals surface area (Å²) in [5.74, 6) is -0.507. The molecule has 0 saturated carbocycles. The molecule has 204 valence electrons. The summed E-state index contributed by atoms with van der Waals surface area (Å²) in [7, 11) is -2.00. The highest BCUT2D eigenvalue weighted by molar-refractivity contribution is 7.89. The van der Waals surface area contributed by atoms with E-state index in [1.54, 1.807) is 62.5 Å². The van der Waals surface area contributed by atoms with Crippen LogP contribution in [-0.4, -0.2) is 80.9 Å². The number of likely N-dealkylation sites (N-methyl/N-ethyl adjacent to an activating group) is 1. The minimum absolute atomic E-state index is 0.191. The third kappa shape index (κ3) is 6.04. The Kier molecular flexibility index (Phi) is 8.77. The summed E-state index contributed by atoms with van der Waals surface area (Å²) >= 11 is 6.06. The molecule has 0 radical (unpaired) electrons. The Balaban J connectivity index is 1.61. The fourth-order valence-electron chi connectivity index (χ4n) is 4.72. The molecular weight excluding hydrogens is 528 g/mol. The molecule has 0 bridgehead atoms. The zero-order valence-electron chi connectivity index (χ0n) is 21.8. The molecule has 2 aromatic rings. The monoisotopic (exact) mass is 560 g/mol.